The summed E-state index contributed by atoms with van der Waals surface area (Å²) in [6.07, 6.45) is 0. The van der Waals surface area contributed by atoms with Crippen molar-refractivity contribution in [1.29, 1.82) is 0 Å². The van der Waals surface area contributed by atoms with Crippen molar-refractivity contribution in [3.63, 3.8) is 0 Å². The summed E-state index contributed by atoms with van der Waals surface area (Å²) in [5.74, 6) is 3.64. The van der Waals surface area contributed by atoms with Crippen LogP contribution in [0.25, 0.3) is 0 Å². The van der Waals surface area contributed by atoms with E-state index in [9.17, 15) is 2.74 Å². The lowest BCUT2D eigenvalue weighted by atomic mass is 9.76. The van der Waals surface area contributed by atoms with Gasteiger partial charge in [0.1, 0.15) is 0 Å². The molecule has 4 saturated heterocycles. The average molecular weight is 507 g/mol. The second kappa shape index (κ2) is 6.78. The van der Waals surface area contributed by atoms with Crippen LogP contribution in [0, 0.1) is 27.8 Å². The van der Waals surface area contributed by atoms with Gasteiger partial charge < -0.3 is 0 Å². The Morgan fingerprint density at radius 3 is 1.85 bits per heavy atom. The molecule has 0 bridgehead atoms. The van der Waals surface area contributed by atoms with Crippen molar-refractivity contribution in [3.8, 4) is 11.6 Å². The van der Waals surface area contributed by atoms with Crippen LogP contribution < -0.4 is 0 Å². The molecule has 4 fully saturated rings. The van der Waals surface area contributed by atoms with Crippen molar-refractivity contribution in [2.45, 2.75) is 88.3 Å². The first kappa shape index (κ1) is 21.4. The molecule has 4 aliphatic heterocycles. The van der Waals surface area contributed by atoms with Gasteiger partial charge in [-0.1, -0.05) is 138 Å². The number of fused-ring (bicyclic) bond motifs is 2. The highest BCUT2D eigenvalue weighted by atomic mass is 31.2. The summed E-state index contributed by atoms with van der Waals surface area (Å²) in [5.41, 5.74) is 5.53. The van der Waals surface area contributed by atoms with Gasteiger partial charge in [-0.05, 0) is 41.9 Å². The second-order valence-corrected chi connectivity index (χ2v) is 21.4. The molecule has 0 N–H and O–H groups in total. The minimum Gasteiger partial charge on any atom is -0.0796 e. The maximum absolute atomic E-state index is 10.7. The number of hydrogen-bond acceptors (Lipinski definition) is 0. The molecule has 3 heteroatoms. The van der Waals surface area contributed by atoms with Gasteiger partial charge in [-0.2, -0.15) is 0 Å². The fourth-order valence-electron chi connectivity index (χ4n) is 7.51. The van der Waals surface area contributed by atoms with Crippen LogP contribution in [0.15, 0.2) is 60.7 Å². The number of hydrogen-bond donors (Lipinski definition) is 0. The largest absolute Gasteiger partial charge is 0.0796 e. The van der Waals surface area contributed by atoms with E-state index in [0.717, 1.165) is 5.56 Å². The zero-order valence-electron chi connectivity index (χ0n) is 24.1. The summed E-state index contributed by atoms with van der Waals surface area (Å²) in [4.78, 5) is -0.281. The number of rotatable bonds is 1. The van der Waals surface area contributed by atoms with E-state index in [2.05, 4.69) is 135 Å². The Kier molecular flexibility index (Phi) is 4.26. The van der Waals surface area contributed by atoms with Gasteiger partial charge in [0.25, 0.3) is 0 Å². The standard InChI is InChI=1S/C31H39P3/c1-26(2,3)25-33-24-29(23-18-14-11-15-19-23)31(34(25)29,28(7,8)9)32(30(24,33)27(4,5)6)21-20-22-16-12-10-13-17-22/h10-19,24-25H,1-9H3/t24-,25-,29+,30+,31+,32+,33?,34?/m0/s1/i24D,25D. The van der Waals surface area contributed by atoms with E-state index in [4.69, 9.17) is 0 Å². The molecule has 4 heterocycles. The maximum Gasteiger partial charge on any atom is 0.0431 e. The Morgan fingerprint density at radius 2 is 1.35 bits per heavy atom. The molecule has 0 radical (unpaired) electrons. The molecule has 4 aliphatic rings. The van der Waals surface area contributed by atoms with Gasteiger partial charge in [-0.25, -0.2) is 0 Å². The van der Waals surface area contributed by atoms with Crippen LogP contribution in [0.2, 0.25) is 0 Å². The molecule has 6 rings (SSSR count). The molecule has 0 aliphatic carbocycles. The first-order valence-electron chi connectivity index (χ1n) is 13.6. The topological polar surface area (TPSA) is 0 Å². The van der Waals surface area contributed by atoms with Crippen LogP contribution in [-0.2, 0) is 5.16 Å². The molecule has 2 aromatic carbocycles. The Labute approximate surface area is 214 Å². The number of benzene rings is 2. The van der Waals surface area contributed by atoms with Gasteiger partial charge in [0, 0.05) is 34.3 Å². The summed E-state index contributed by atoms with van der Waals surface area (Å²) in [5, 5.41) is -0.775. The van der Waals surface area contributed by atoms with E-state index < -0.39 is 34.8 Å². The summed E-state index contributed by atoms with van der Waals surface area (Å²) in [7, 11) is -2.43. The van der Waals surface area contributed by atoms with Gasteiger partial charge in [0.15, 0.2) is 0 Å². The van der Waals surface area contributed by atoms with Crippen LogP contribution >= 0.6 is 23.8 Å². The highest BCUT2D eigenvalue weighted by molar-refractivity contribution is 8.09. The Morgan fingerprint density at radius 1 is 0.794 bits per heavy atom. The van der Waals surface area contributed by atoms with Crippen LogP contribution in [-0.4, -0.2) is 20.8 Å². The van der Waals surface area contributed by atoms with E-state index in [1.54, 1.807) is 0 Å². The van der Waals surface area contributed by atoms with Crippen LogP contribution in [0.3, 0.4) is 0 Å². The van der Waals surface area contributed by atoms with Crippen molar-refractivity contribution in [2.75, 3.05) is 0 Å². The quantitative estimate of drug-likeness (QED) is 0.267. The van der Waals surface area contributed by atoms with Gasteiger partial charge >= 0.3 is 0 Å². The molecule has 0 aromatic heterocycles. The summed E-state index contributed by atoms with van der Waals surface area (Å²) < 4.78 is 21.2. The third kappa shape index (κ3) is 2.40. The molecule has 0 amide bonds. The average Bonchev–Trinajstić information content (AvgIpc) is 3.59. The zero-order chi connectivity index (χ0) is 26.4. The summed E-state index contributed by atoms with van der Waals surface area (Å²) in [6.45, 7) is 21.2. The Balaban J connectivity index is 1.74. The predicted molar refractivity (Wildman–Crippen MR) is 154 cm³/mol. The molecule has 0 saturated carbocycles. The molecule has 8 atom stereocenters. The molecule has 0 nitrogen and oxygen atoms in total. The van der Waals surface area contributed by atoms with Crippen molar-refractivity contribution in [1.82, 2.24) is 0 Å². The fraction of sp³-hybridized carbons (Fsp3) is 0.548. The third-order valence-electron chi connectivity index (χ3n) is 8.39. The lowest BCUT2D eigenvalue weighted by Gasteiger charge is -2.51. The smallest absolute Gasteiger partial charge is 0.0431 e. The van der Waals surface area contributed by atoms with E-state index in [0.29, 0.717) is 0 Å². The van der Waals surface area contributed by atoms with Crippen molar-refractivity contribution in [3.05, 3.63) is 71.8 Å². The molecule has 2 aromatic rings. The van der Waals surface area contributed by atoms with Crippen molar-refractivity contribution >= 4 is 23.8 Å². The summed E-state index contributed by atoms with van der Waals surface area (Å²) in [6, 6.07) is 21.5. The molecule has 34 heavy (non-hydrogen) atoms. The zero-order valence-corrected chi connectivity index (χ0v) is 24.8. The highest BCUT2D eigenvalue weighted by Crippen LogP contribution is 3.28. The minimum atomic E-state index is -0.854. The lowest BCUT2D eigenvalue weighted by Crippen LogP contribution is -2.39. The van der Waals surface area contributed by atoms with Crippen molar-refractivity contribution in [2.24, 2.45) is 16.2 Å². The van der Waals surface area contributed by atoms with E-state index in [1.807, 2.05) is 0 Å². The minimum absolute atomic E-state index is 0.0374. The molecule has 178 valence electrons. The first-order valence-corrected chi connectivity index (χ1v) is 16.6. The van der Waals surface area contributed by atoms with Gasteiger partial charge in [-0.15, -0.1) is 0 Å². The Bertz CT molecular complexity index is 1310. The maximum atomic E-state index is 10.7. The second-order valence-electron chi connectivity index (χ2n) is 13.5. The van der Waals surface area contributed by atoms with Crippen LogP contribution in [0.5, 0.6) is 0 Å². The van der Waals surface area contributed by atoms with Crippen LogP contribution in [0.4, 0.5) is 0 Å². The van der Waals surface area contributed by atoms with E-state index in [-0.39, 0.29) is 31.2 Å². The normalized spacial score (nSPS) is 46.7. The van der Waals surface area contributed by atoms with Gasteiger partial charge in [-0.3, -0.25) is 0 Å². The Hall–Kier alpha value is -0.710. The molecule has 0 spiro atoms. The van der Waals surface area contributed by atoms with E-state index in [1.165, 1.54) is 5.56 Å². The molecular formula is C31H39P3. The fourth-order valence-corrected chi connectivity index (χ4v) is 27.8. The third-order valence-corrected chi connectivity index (χ3v) is 23.6. The first-order chi connectivity index (χ1) is 16.5. The monoisotopic (exact) mass is 506 g/mol. The van der Waals surface area contributed by atoms with Gasteiger partial charge in [0.2, 0.25) is 0 Å². The SMILES string of the molecule is [2H][C@@]1(C(C)(C)C)P2[C@]3(c4ccccc4)[C@]4([2H])P1[C@]4(C(C)(C)C)[P@@](C#Cc1ccccc1)[C@]23C(C)(C)C. The van der Waals surface area contributed by atoms with Crippen molar-refractivity contribution < 1.29 is 2.74 Å². The van der Waals surface area contributed by atoms with Gasteiger partial charge in [0.05, 0.1) is 0 Å². The summed E-state index contributed by atoms with van der Waals surface area (Å²) >= 11 is 0. The van der Waals surface area contributed by atoms with Crippen LogP contribution in [0.1, 0.15) is 76.2 Å². The highest BCUT2D eigenvalue weighted by Gasteiger charge is 3.08. The predicted octanol–water partition coefficient (Wildman–Crippen LogP) is 9.62. The molecular weight excluding hydrogens is 465 g/mol. The lowest BCUT2D eigenvalue weighted by molar-refractivity contribution is 0.350. The molecule has 2 unspecified atom stereocenters. The van der Waals surface area contributed by atoms with E-state index >= 15 is 0 Å².